The lowest BCUT2D eigenvalue weighted by Crippen LogP contribution is -2.32. The molecule has 7 heteroatoms. The van der Waals surface area contributed by atoms with E-state index in [1.54, 1.807) is 6.92 Å². The first-order valence-corrected chi connectivity index (χ1v) is 8.13. The third-order valence-corrected chi connectivity index (χ3v) is 3.11. The highest BCUT2D eigenvalue weighted by Gasteiger charge is 2.27. The highest BCUT2D eigenvalue weighted by Crippen LogP contribution is 2.25. The molecule has 0 aliphatic heterocycles. The van der Waals surface area contributed by atoms with E-state index in [0.29, 0.717) is 12.8 Å². The van der Waals surface area contributed by atoms with Crippen molar-refractivity contribution in [3.05, 3.63) is 12.2 Å². The van der Waals surface area contributed by atoms with E-state index in [1.165, 1.54) is 0 Å². The van der Waals surface area contributed by atoms with Gasteiger partial charge in [-0.3, -0.25) is 0 Å². The van der Waals surface area contributed by atoms with Gasteiger partial charge in [-0.1, -0.05) is 19.9 Å². The van der Waals surface area contributed by atoms with Crippen molar-refractivity contribution in [3.63, 3.8) is 0 Å². The number of hydrogen-bond acceptors (Lipinski definition) is 7. The van der Waals surface area contributed by atoms with Gasteiger partial charge in [0.05, 0.1) is 17.8 Å². The number of carbonyl (C=O) groups is 2. The predicted molar refractivity (Wildman–Crippen MR) is 87.8 cm³/mol. The molecule has 140 valence electrons. The van der Waals surface area contributed by atoms with Crippen LogP contribution in [0.4, 0.5) is 4.79 Å². The van der Waals surface area contributed by atoms with E-state index >= 15 is 0 Å². The molecular weight excluding hydrogens is 316 g/mol. The lowest BCUT2D eigenvalue weighted by molar-refractivity contribution is -0.402. The van der Waals surface area contributed by atoms with E-state index in [0.717, 1.165) is 12.8 Å². The van der Waals surface area contributed by atoms with Gasteiger partial charge < -0.3 is 4.74 Å². The summed E-state index contributed by atoms with van der Waals surface area (Å²) in [6.45, 7) is 15.0. The lowest BCUT2D eigenvalue weighted by Gasteiger charge is -2.30. The maximum absolute atomic E-state index is 11.6. The Hall–Kier alpha value is -1.60. The molecule has 0 atom stereocenters. The minimum absolute atomic E-state index is 0.122. The average Bonchev–Trinajstić information content (AvgIpc) is 2.49. The van der Waals surface area contributed by atoms with E-state index in [2.05, 4.69) is 28.0 Å². The van der Waals surface area contributed by atoms with E-state index in [4.69, 9.17) is 9.78 Å². The summed E-state index contributed by atoms with van der Waals surface area (Å²) in [7, 11) is 0. The number of ether oxygens (including phenoxy) is 1. The van der Waals surface area contributed by atoms with E-state index in [-0.39, 0.29) is 17.8 Å². The number of hydrogen-bond donors (Lipinski definition) is 0. The van der Waals surface area contributed by atoms with E-state index < -0.39 is 17.7 Å². The molecule has 0 saturated heterocycles. The van der Waals surface area contributed by atoms with Crippen LogP contribution in [0.2, 0.25) is 0 Å². The van der Waals surface area contributed by atoms with Crippen molar-refractivity contribution in [2.45, 2.75) is 78.4 Å². The third kappa shape index (κ3) is 10.2. The second kappa shape index (κ2) is 10.3. The second-order valence-electron chi connectivity index (χ2n) is 6.68. The first-order valence-electron chi connectivity index (χ1n) is 8.13. The van der Waals surface area contributed by atoms with Crippen LogP contribution in [0, 0.1) is 0 Å². The van der Waals surface area contributed by atoms with Gasteiger partial charge >= 0.3 is 12.1 Å². The second-order valence-corrected chi connectivity index (χ2v) is 6.68. The Bertz CT molecular complexity index is 427. The topological polar surface area (TPSA) is 80.3 Å². The SMILES string of the molecule is C=C(CCC(C)(C)OOC(C)(C)CCC)C(=O)OOC(=O)OCC. The summed E-state index contributed by atoms with van der Waals surface area (Å²) in [5.74, 6) is -0.828. The molecule has 0 fully saturated rings. The summed E-state index contributed by atoms with van der Waals surface area (Å²) >= 11 is 0. The molecule has 0 aromatic heterocycles. The maximum Gasteiger partial charge on any atom is 0.549 e. The van der Waals surface area contributed by atoms with Crippen molar-refractivity contribution < 1.29 is 33.9 Å². The quantitative estimate of drug-likeness (QED) is 0.253. The number of carbonyl (C=O) groups excluding carboxylic acids is 2. The largest absolute Gasteiger partial charge is 0.549 e. The van der Waals surface area contributed by atoms with Gasteiger partial charge in [-0.15, -0.1) is 0 Å². The molecule has 0 aliphatic rings. The van der Waals surface area contributed by atoms with Crippen LogP contribution in [-0.2, 0) is 29.1 Å². The van der Waals surface area contributed by atoms with E-state index in [9.17, 15) is 9.59 Å². The van der Waals surface area contributed by atoms with E-state index in [1.807, 2.05) is 27.7 Å². The summed E-state index contributed by atoms with van der Waals surface area (Å²) in [4.78, 5) is 42.1. The Morgan fingerprint density at radius 1 is 0.917 bits per heavy atom. The van der Waals surface area contributed by atoms with Crippen molar-refractivity contribution in [3.8, 4) is 0 Å². The normalized spacial score (nSPS) is 11.8. The zero-order valence-corrected chi connectivity index (χ0v) is 15.6. The van der Waals surface area contributed by atoms with Crippen LogP contribution in [0.5, 0.6) is 0 Å². The van der Waals surface area contributed by atoms with Crippen LogP contribution in [-0.4, -0.2) is 29.9 Å². The predicted octanol–water partition coefficient (Wildman–Crippen LogP) is 4.26. The summed E-state index contributed by atoms with van der Waals surface area (Å²) in [6.07, 6.45) is 1.56. The van der Waals surface area contributed by atoms with Gasteiger partial charge in [-0.25, -0.2) is 24.3 Å². The van der Waals surface area contributed by atoms with Gasteiger partial charge in [0.25, 0.3) is 0 Å². The van der Waals surface area contributed by atoms with Crippen molar-refractivity contribution in [1.29, 1.82) is 0 Å². The van der Waals surface area contributed by atoms with Crippen LogP contribution in [0.25, 0.3) is 0 Å². The van der Waals surface area contributed by atoms with Crippen LogP contribution in [0.15, 0.2) is 12.2 Å². The monoisotopic (exact) mass is 346 g/mol. The molecule has 0 bridgehead atoms. The van der Waals surface area contributed by atoms with Crippen molar-refractivity contribution in [2.24, 2.45) is 0 Å². The molecule has 0 aromatic carbocycles. The minimum atomic E-state index is -1.08. The molecular formula is C17H30O7. The van der Waals surface area contributed by atoms with Crippen molar-refractivity contribution in [2.75, 3.05) is 6.61 Å². The van der Waals surface area contributed by atoms with Crippen LogP contribution >= 0.6 is 0 Å². The Labute approximate surface area is 144 Å². The molecule has 0 spiro atoms. The molecule has 0 heterocycles. The zero-order valence-electron chi connectivity index (χ0n) is 15.6. The summed E-state index contributed by atoms with van der Waals surface area (Å²) in [6, 6.07) is 0. The maximum atomic E-state index is 11.6. The fourth-order valence-electron chi connectivity index (χ4n) is 1.74. The first-order chi connectivity index (χ1) is 11.0. The van der Waals surface area contributed by atoms with Crippen LogP contribution in [0.3, 0.4) is 0 Å². The molecule has 0 aromatic rings. The minimum Gasteiger partial charge on any atom is -0.432 e. The van der Waals surface area contributed by atoms with Gasteiger partial charge in [0.2, 0.25) is 0 Å². The highest BCUT2D eigenvalue weighted by atomic mass is 17.2. The summed E-state index contributed by atoms with van der Waals surface area (Å²) in [5.41, 5.74) is -0.838. The van der Waals surface area contributed by atoms with Crippen LogP contribution < -0.4 is 0 Å². The highest BCUT2D eigenvalue weighted by molar-refractivity contribution is 5.87. The van der Waals surface area contributed by atoms with Gasteiger partial charge in [-0.2, -0.15) is 4.79 Å². The molecule has 0 rings (SSSR count). The van der Waals surface area contributed by atoms with Gasteiger partial charge in [0, 0.05) is 5.57 Å². The van der Waals surface area contributed by atoms with Gasteiger partial charge in [0.1, 0.15) is 0 Å². The molecule has 0 N–H and O–H groups in total. The van der Waals surface area contributed by atoms with Crippen molar-refractivity contribution >= 4 is 12.1 Å². The standard InChI is InChI=1S/C17H30O7/c1-8-11-16(4,5)23-24-17(6,7)12-10-13(3)14(18)21-22-15(19)20-9-2/h3,8-12H2,1-2,4-7H3. The molecule has 0 saturated carbocycles. The smallest absolute Gasteiger partial charge is 0.432 e. The fourth-order valence-corrected chi connectivity index (χ4v) is 1.74. The Morgan fingerprint density at radius 3 is 1.96 bits per heavy atom. The zero-order chi connectivity index (χ0) is 18.8. The average molecular weight is 346 g/mol. The molecule has 0 amide bonds. The first kappa shape index (κ1) is 22.4. The van der Waals surface area contributed by atoms with Crippen LogP contribution in [0.1, 0.15) is 67.2 Å². The fraction of sp³-hybridized carbons (Fsp3) is 0.765. The van der Waals surface area contributed by atoms with Crippen molar-refractivity contribution in [1.82, 2.24) is 0 Å². The Kier molecular flexibility index (Phi) is 9.62. The number of rotatable bonds is 10. The lowest BCUT2D eigenvalue weighted by atomic mass is 9.99. The molecule has 0 aliphatic carbocycles. The third-order valence-electron chi connectivity index (χ3n) is 3.11. The molecule has 0 radical (unpaired) electrons. The Balaban J connectivity index is 4.22. The molecule has 0 unspecified atom stereocenters. The molecule has 24 heavy (non-hydrogen) atoms. The summed E-state index contributed by atoms with van der Waals surface area (Å²) in [5, 5.41) is 0. The molecule has 7 nitrogen and oxygen atoms in total. The Morgan fingerprint density at radius 2 is 1.46 bits per heavy atom. The summed E-state index contributed by atoms with van der Waals surface area (Å²) < 4.78 is 4.47. The van der Waals surface area contributed by atoms with Gasteiger partial charge in [0.15, 0.2) is 0 Å². The van der Waals surface area contributed by atoms with Gasteiger partial charge in [-0.05, 0) is 53.9 Å².